The summed E-state index contributed by atoms with van der Waals surface area (Å²) in [6, 6.07) is 8.80. The Morgan fingerprint density at radius 1 is 0.811 bits per heavy atom. The monoisotopic (exact) mass is 513 g/mol. The van der Waals surface area contributed by atoms with E-state index in [1.807, 2.05) is 0 Å². The number of hydrogen-bond donors (Lipinski definition) is 0. The highest BCUT2D eigenvalue weighted by Gasteiger charge is 2.18. The van der Waals surface area contributed by atoms with Crippen LogP contribution >= 0.6 is 0 Å². The van der Waals surface area contributed by atoms with Gasteiger partial charge >= 0.3 is 0 Å². The predicted molar refractivity (Wildman–Crippen MR) is 168 cm³/mol. The Kier molecular flexibility index (Phi) is 24.0. The fourth-order valence-electron chi connectivity index (χ4n) is 4.51. The third-order valence-corrected chi connectivity index (χ3v) is 7.10. The first-order valence-corrected chi connectivity index (χ1v) is 15.5. The molecule has 0 amide bonds. The van der Waals surface area contributed by atoms with E-state index in [2.05, 4.69) is 90.0 Å². The topological polar surface area (TPSA) is 12.5 Å². The number of benzene rings is 1. The second-order valence-corrected chi connectivity index (χ2v) is 11.0. The number of aryl methyl sites for hydroxylation is 1. The molecular weight excluding hydrogens is 450 g/mol. The standard InChI is InChI=1S/C21H31N.C5H12O.C5H10.C4H10/c1-17-11-5-6-13-19(17)21-15-8-7-14-20(21)18(2)12-9-10-16-22(3)4;1-3-4-5-6-2;1-2-4-5-3-1;1-3-4-2/h5-6,11,13-15,18H,7-10,12,16H2,1-4H3;3-5H2,1-2H3;1-5H2;3-4H2,1-2H3. The third-order valence-electron chi connectivity index (χ3n) is 7.10. The molecular formula is C35H63NO. The first-order valence-electron chi connectivity index (χ1n) is 15.5. The molecule has 1 aromatic carbocycles. The summed E-state index contributed by atoms with van der Waals surface area (Å²) in [5.74, 6) is 0.660. The summed E-state index contributed by atoms with van der Waals surface area (Å²) < 4.78 is 4.78. The van der Waals surface area contributed by atoms with Crippen LogP contribution in [0.5, 0.6) is 0 Å². The molecule has 214 valence electrons. The summed E-state index contributed by atoms with van der Waals surface area (Å²) in [5.41, 5.74) is 5.88. The molecule has 0 spiro atoms. The lowest BCUT2D eigenvalue weighted by atomic mass is 9.81. The van der Waals surface area contributed by atoms with Crippen molar-refractivity contribution in [2.75, 3.05) is 34.4 Å². The van der Waals surface area contributed by atoms with Gasteiger partial charge in [0.05, 0.1) is 0 Å². The number of nitrogens with zero attached hydrogens (tertiary/aromatic N) is 1. The minimum absolute atomic E-state index is 0.660. The van der Waals surface area contributed by atoms with Gasteiger partial charge in [0, 0.05) is 13.7 Å². The van der Waals surface area contributed by atoms with Crippen LogP contribution in [0.3, 0.4) is 0 Å². The molecule has 2 nitrogen and oxygen atoms in total. The van der Waals surface area contributed by atoms with E-state index >= 15 is 0 Å². The van der Waals surface area contributed by atoms with Crippen LogP contribution in [0.2, 0.25) is 0 Å². The average Bonchev–Trinajstić information content (AvgIpc) is 3.51. The highest BCUT2D eigenvalue weighted by atomic mass is 16.5. The fraction of sp³-hybridized carbons (Fsp3) is 0.714. The van der Waals surface area contributed by atoms with E-state index < -0.39 is 0 Å². The first kappa shape index (κ1) is 35.6. The zero-order valence-corrected chi connectivity index (χ0v) is 26.2. The smallest absolute Gasteiger partial charge is 0.0462 e. The van der Waals surface area contributed by atoms with Crippen molar-refractivity contribution in [2.45, 2.75) is 125 Å². The second-order valence-electron chi connectivity index (χ2n) is 11.0. The number of methoxy groups -OCH3 is 1. The van der Waals surface area contributed by atoms with E-state index in [9.17, 15) is 0 Å². The molecule has 0 bridgehead atoms. The molecule has 37 heavy (non-hydrogen) atoms. The van der Waals surface area contributed by atoms with Gasteiger partial charge in [-0.1, -0.05) is 122 Å². The maximum absolute atomic E-state index is 4.78. The highest BCUT2D eigenvalue weighted by Crippen LogP contribution is 2.36. The Morgan fingerprint density at radius 2 is 1.41 bits per heavy atom. The summed E-state index contributed by atoms with van der Waals surface area (Å²) in [6.45, 7) is 13.3. The molecule has 1 fully saturated rings. The quantitative estimate of drug-likeness (QED) is 0.273. The van der Waals surface area contributed by atoms with Crippen molar-refractivity contribution >= 4 is 5.57 Å². The van der Waals surface area contributed by atoms with Gasteiger partial charge in [-0.15, -0.1) is 0 Å². The van der Waals surface area contributed by atoms with E-state index in [-0.39, 0.29) is 0 Å². The van der Waals surface area contributed by atoms with Crippen molar-refractivity contribution in [1.29, 1.82) is 0 Å². The van der Waals surface area contributed by atoms with Crippen molar-refractivity contribution in [1.82, 2.24) is 4.90 Å². The van der Waals surface area contributed by atoms with Gasteiger partial charge in [0.15, 0.2) is 0 Å². The van der Waals surface area contributed by atoms with Crippen molar-refractivity contribution in [2.24, 2.45) is 5.92 Å². The number of unbranched alkanes of at least 4 members (excludes halogenated alkanes) is 3. The maximum Gasteiger partial charge on any atom is 0.0462 e. The van der Waals surface area contributed by atoms with Crippen LogP contribution in [0.4, 0.5) is 0 Å². The lowest BCUT2D eigenvalue weighted by molar-refractivity contribution is 0.194. The van der Waals surface area contributed by atoms with Crippen LogP contribution in [0.1, 0.15) is 129 Å². The van der Waals surface area contributed by atoms with Gasteiger partial charge in [-0.05, 0) is 87.9 Å². The summed E-state index contributed by atoms with van der Waals surface area (Å²) >= 11 is 0. The summed E-state index contributed by atoms with van der Waals surface area (Å²) in [4.78, 5) is 2.28. The molecule has 0 heterocycles. The number of rotatable bonds is 11. The lowest BCUT2D eigenvalue weighted by Crippen LogP contribution is -2.13. The molecule has 1 unspecified atom stereocenters. The molecule has 0 radical (unpaired) electrons. The van der Waals surface area contributed by atoms with Crippen molar-refractivity contribution in [3.05, 3.63) is 53.1 Å². The summed E-state index contributed by atoms with van der Waals surface area (Å²) in [6.07, 6.45) is 23.8. The van der Waals surface area contributed by atoms with E-state index in [0.29, 0.717) is 5.92 Å². The second kappa shape index (κ2) is 24.9. The summed E-state index contributed by atoms with van der Waals surface area (Å²) in [5, 5.41) is 0. The van der Waals surface area contributed by atoms with Crippen LogP contribution in [0, 0.1) is 12.8 Å². The number of ether oxygens (including phenoxy) is 1. The molecule has 0 aromatic heterocycles. The van der Waals surface area contributed by atoms with Gasteiger partial charge < -0.3 is 9.64 Å². The third kappa shape index (κ3) is 18.5. The molecule has 0 saturated heterocycles. The largest absolute Gasteiger partial charge is 0.385 e. The summed E-state index contributed by atoms with van der Waals surface area (Å²) in [7, 11) is 6.05. The molecule has 1 saturated carbocycles. The Morgan fingerprint density at radius 3 is 1.89 bits per heavy atom. The Balaban J connectivity index is 0.000000699. The van der Waals surface area contributed by atoms with E-state index in [1.54, 1.807) is 12.7 Å². The van der Waals surface area contributed by atoms with Crippen LogP contribution in [-0.4, -0.2) is 39.3 Å². The van der Waals surface area contributed by atoms with Crippen LogP contribution in [0.25, 0.3) is 5.57 Å². The van der Waals surface area contributed by atoms with Crippen molar-refractivity contribution < 1.29 is 4.74 Å². The Hall–Kier alpha value is -1.38. The van der Waals surface area contributed by atoms with Gasteiger partial charge in [0.1, 0.15) is 0 Å². The maximum atomic E-state index is 4.78. The molecule has 0 N–H and O–H groups in total. The average molecular weight is 514 g/mol. The zero-order valence-electron chi connectivity index (χ0n) is 26.2. The first-order chi connectivity index (χ1) is 17.9. The number of hydrogen-bond acceptors (Lipinski definition) is 2. The normalized spacial score (nSPS) is 15.3. The Bertz CT molecular complexity index is 685. The highest BCUT2D eigenvalue weighted by molar-refractivity contribution is 5.81. The fourth-order valence-corrected chi connectivity index (χ4v) is 4.51. The van der Waals surface area contributed by atoms with Crippen molar-refractivity contribution in [3.8, 4) is 0 Å². The van der Waals surface area contributed by atoms with Crippen LogP contribution in [-0.2, 0) is 4.74 Å². The van der Waals surface area contributed by atoms with Crippen LogP contribution in [0.15, 0.2) is 42.0 Å². The Labute approximate surface area is 233 Å². The van der Waals surface area contributed by atoms with Gasteiger partial charge in [0.2, 0.25) is 0 Å². The number of allylic oxidation sites excluding steroid dienone is 4. The minimum Gasteiger partial charge on any atom is -0.385 e. The van der Waals surface area contributed by atoms with Gasteiger partial charge in [-0.3, -0.25) is 0 Å². The molecule has 2 aliphatic carbocycles. The van der Waals surface area contributed by atoms with Gasteiger partial charge in [-0.25, -0.2) is 0 Å². The van der Waals surface area contributed by atoms with Crippen molar-refractivity contribution in [3.63, 3.8) is 0 Å². The van der Waals surface area contributed by atoms with Gasteiger partial charge in [0.25, 0.3) is 0 Å². The molecule has 2 heteroatoms. The molecule has 3 rings (SSSR count). The zero-order chi connectivity index (χ0) is 27.7. The van der Waals surface area contributed by atoms with E-state index in [1.165, 1.54) is 113 Å². The van der Waals surface area contributed by atoms with E-state index in [4.69, 9.17) is 4.74 Å². The minimum atomic E-state index is 0.660. The van der Waals surface area contributed by atoms with Gasteiger partial charge in [-0.2, -0.15) is 0 Å². The lowest BCUT2D eigenvalue weighted by Gasteiger charge is -2.24. The molecule has 1 aromatic rings. The van der Waals surface area contributed by atoms with Crippen LogP contribution < -0.4 is 0 Å². The SMILES string of the molecule is C1CCCC1.CCCC.CCCCOC.Cc1ccccc1C1=CCCC=C1C(C)CCCCN(C)C. The molecule has 1 atom stereocenters. The van der Waals surface area contributed by atoms with E-state index in [0.717, 1.165) is 6.61 Å². The molecule has 0 aliphatic heterocycles. The molecule has 2 aliphatic rings. The predicted octanol–water partition coefficient (Wildman–Crippen LogP) is 10.7.